The number of benzene rings is 1. The SMILES string of the molecule is Cc1cc(CNC2CC2)ccc1-n1nc(C)c(C)c1C. The van der Waals surface area contributed by atoms with Crippen molar-refractivity contribution in [2.45, 2.75) is 53.1 Å². The fourth-order valence-corrected chi connectivity index (χ4v) is 2.57. The molecular formula is C17H23N3. The van der Waals surface area contributed by atoms with Gasteiger partial charge in [0.15, 0.2) is 0 Å². The maximum Gasteiger partial charge on any atom is 0.0678 e. The van der Waals surface area contributed by atoms with E-state index >= 15 is 0 Å². The van der Waals surface area contributed by atoms with Crippen LogP contribution in [0.2, 0.25) is 0 Å². The highest BCUT2D eigenvalue weighted by Gasteiger charge is 2.20. The van der Waals surface area contributed by atoms with Gasteiger partial charge in [-0.3, -0.25) is 0 Å². The van der Waals surface area contributed by atoms with Crippen LogP contribution in [-0.2, 0) is 6.54 Å². The third kappa shape index (κ3) is 2.50. The minimum absolute atomic E-state index is 0.758. The normalized spacial score (nSPS) is 14.8. The predicted molar refractivity (Wildman–Crippen MR) is 82.4 cm³/mol. The summed E-state index contributed by atoms with van der Waals surface area (Å²) in [6.07, 6.45) is 2.67. The van der Waals surface area contributed by atoms with Crippen LogP contribution in [0.25, 0.3) is 5.69 Å². The van der Waals surface area contributed by atoms with Crippen molar-refractivity contribution in [2.24, 2.45) is 0 Å². The second-order valence-electron chi connectivity index (χ2n) is 5.98. The third-order valence-electron chi connectivity index (χ3n) is 4.31. The number of aryl methyl sites for hydroxylation is 2. The van der Waals surface area contributed by atoms with E-state index in [1.165, 1.54) is 40.9 Å². The van der Waals surface area contributed by atoms with Gasteiger partial charge in [-0.2, -0.15) is 5.10 Å². The van der Waals surface area contributed by atoms with Gasteiger partial charge in [-0.05, 0) is 63.3 Å². The van der Waals surface area contributed by atoms with Crippen molar-refractivity contribution in [2.75, 3.05) is 0 Å². The first-order chi connectivity index (χ1) is 9.56. The molecule has 0 unspecified atom stereocenters. The Morgan fingerprint density at radius 2 is 1.95 bits per heavy atom. The number of rotatable bonds is 4. The van der Waals surface area contributed by atoms with Gasteiger partial charge in [-0.1, -0.05) is 12.1 Å². The van der Waals surface area contributed by atoms with Crippen LogP contribution in [-0.4, -0.2) is 15.8 Å². The first-order valence-electron chi connectivity index (χ1n) is 7.42. The average molecular weight is 269 g/mol. The molecular weight excluding hydrogens is 246 g/mol. The molecule has 2 aromatic rings. The fourth-order valence-electron chi connectivity index (χ4n) is 2.57. The molecule has 0 amide bonds. The van der Waals surface area contributed by atoms with Gasteiger partial charge in [-0.15, -0.1) is 0 Å². The van der Waals surface area contributed by atoms with Crippen LogP contribution in [0.5, 0.6) is 0 Å². The minimum Gasteiger partial charge on any atom is -0.310 e. The number of hydrogen-bond acceptors (Lipinski definition) is 2. The molecule has 3 nitrogen and oxygen atoms in total. The average Bonchev–Trinajstić information content (AvgIpc) is 3.21. The van der Waals surface area contributed by atoms with Crippen LogP contribution in [0, 0.1) is 27.7 Å². The highest BCUT2D eigenvalue weighted by Crippen LogP contribution is 2.22. The molecule has 0 saturated heterocycles. The lowest BCUT2D eigenvalue weighted by molar-refractivity contribution is 0.687. The number of nitrogens with zero attached hydrogens (tertiary/aromatic N) is 2. The Hall–Kier alpha value is -1.61. The van der Waals surface area contributed by atoms with E-state index in [-0.39, 0.29) is 0 Å². The summed E-state index contributed by atoms with van der Waals surface area (Å²) in [6.45, 7) is 9.49. The van der Waals surface area contributed by atoms with Crippen LogP contribution >= 0.6 is 0 Å². The summed E-state index contributed by atoms with van der Waals surface area (Å²) in [5.41, 5.74) is 7.45. The predicted octanol–water partition coefficient (Wildman–Crippen LogP) is 3.36. The number of hydrogen-bond donors (Lipinski definition) is 1. The molecule has 0 atom stereocenters. The van der Waals surface area contributed by atoms with Crippen molar-refractivity contribution >= 4 is 0 Å². The summed E-state index contributed by atoms with van der Waals surface area (Å²) in [5.74, 6) is 0. The molecule has 3 rings (SSSR count). The van der Waals surface area contributed by atoms with E-state index in [4.69, 9.17) is 0 Å². The van der Waals surface area contributed by atoms with Crippen LogP contribution < -0.4 is 5.32 Å². The molecule has 106 valence electrons. The van der Waals surface area contributed by atoms with Crippen molar-refractivity contribution < 1.29 is 0 Å². The second-order valence-corrected chi connectivity index (χ2v) is 5.98. The van der Waals surface area contributed by atoms with Crippen LogP contribution in [0.3, 0.4) is 0 Å². The Balaban J connectivity index is 1.87. The topological polar surface area (TPSA) is 29.9 Å². The van der Waals surface area contributed by atoms with E-state index in [1.807, 2.05) is 0 Å². The molecule has 1 aromatic carbocycles. The van der Waals surface area contributed by atoms with Crippen molar-refractivity contribution in [3.8, 4) is 5.69 Å². The highest BCUT2D eigenvalue weighted by atomic mass is 15.3. The second kappa shape index (κ2) is 5.06. The van der Waals surface area contributed by atoms with Gasteiger partial charge in [0.2, 0.25) is 0 Å². The zero-order chi connectivity index (χ0) is 14.3. The van der Waals surface area contributed by atoms with Gasteiger partial charge in [0.05, 0.1) is 11.4 Å². The van der Waals surface area contributed by atoms with Crippen molar-refractivity contribution in [1.82, 2.24) is 15.1 Å². The fraction of sp³-hybridized carbons (Fsp3) is 0.471. The maximum absolute atomic E-state index is 4.66. The lowest BCUT2D eigenvalue weighted by Crippen LogP contribution is -2.15. The minimum atomic E-state index is 0.758. The van der Waals surface area contributed by atoms with Crippen LogP contribution in [0.4, 0.5) is 0 Å². The van der Waals surface area contributed by atoms with E-state index in [9.17, 15) is 0 Å². The van der Waals surface area contributed by atoms with Gasteiger partial charge < -0.3 is 5.32 Å². The van der Waals surface area contributed by atoms with Crippen LogP contribution in [0.15, 0.2) is 18.2 Å². The van der Waals surface area contributed by atoms with E-state index in [0.717, 1.165) is 18.3 Å². The Morgan fingerprint density at radius 3 is 2.50 bits per heavy atom. The maximum atomic E-state index is 4.66. The van der Waals surface area contributed by atoms with E-state index < -0.39 is 0 Å². The quantitative estimate of drug-likeness (QED) is 0.922. The summed E-state index contributed by atoms with van der Waals surface area (Å²) in [4.78, 5) is 0. The Kier molecular flexibility index (Phi) is 3.38. The van der Waals surface area contributed by atoms with Crippen molar-refractivity contribution in [3.63, 3.8) is 0 Å². The number of aromatic nitrogens is 2. The summed E-state index contributed by atoms with van der Waals surface area (Å²) in [5, 5.41) is 8.22. The summed E-state index contributed by atoms with van der Waals surface area (Å²) < 4.78 is 2.07. The molecule has 20 heavy (non-hydrogen) atoms. The van der Waals surface area contributed by atoms with E-state index in [2.05, 4.69) is 61.0 Å². The zero-order valence-corrected chi connectivity index (χ0v) is 12.8. The lowest BCUT2D eigenvalue weighted by atomic mass is 10.1. The van der Waals surface area contributed by atoms with Crippen molar-refractivity contribution in [1.29, 1.82) is 0 Å². The molecule has 1 saturated carbocycles. The van der Waals surface area contributed by atoms with Crippen molar-refractivity contribution in [3.05, 3.63) is 46.3 Å². The Bertz CT molecular complexity index is 636. The largest absolute Gasteiger partial charge is 0.310 e. The summed E-state index contributed by atoms with van der Waals surface area (Å²) >= 11 is 0. The molecule has 1 N–H and O–H groups in total. The molecule has 0 radical (unpaired) electrons. The molecule has 0 bridgehead atoms. The Labute approximate surface area is 121 Å². The van der Waals surface area contributed by atoms with Gasteiger partial charge >= 0.3 is 0 Å². The zero-order valence-electron chi connectivity index (χ0n) is 12.8. The van der Waals surface area contributed by atoms with E-state index in [0.29, 0.717) is 0 Å². The smallest absolute Gasteiger partial charge is 0.0678 e. The Morgan fingerprint density at radius 1 is 1.20 bits per heavy atom. The van der Waals surface area contributed by atoms with E-state index in [1.54, 1.807) is 0 Å². The van der Waals surface area contributed by atoms with Crippen LogP contribution in [0.1, 0.15) is 40.9 Å². The molecule has 1 aromatic heterocycles. The third-order valence-corrected chi connectivity index (χ3v) is 4.31. The summed E-state index contributed by atoms with van der Waals surface area (Å²) in [7, 11) is 0. The first-order valence-corrected chi connectivity index (χ1v) is 7.42. The van der Waals surface area contributed by atoms with Gasteiger partial charge in [0, 0.05) is 18.3 Å². The molecule has 1 heterocycles. The summed E-state index contributed by atoms with van der Waals surface area (Å²) in [6, 6.07) is 7.44. The lowest BCUT2D eigenvalue weighted by Gasteiger charge is -2.11. The molecule has 3 heteroatoms. The molecule has 1 aliphatic rings. The molecule has 1 aliphatic carbocycles. The number of nitrogens with one attached hydrogen (secondary N) is 1. The highest BCUT2D eigenvalue weighted by molar-refractivity contribution is 5.44. The monoisotopic (exact) mass is 269 g/mol. The standard InChI is InChI=1S/C17H23N3/c1-11-9-15(10-18-16-6-7-16)5-8-17(11)20-14(4)12(2)13(3)19-20/h5,8-9,16,18H,6-7,10H2,1-4H3. The first kappa shape index (κ1) is 13.4. The molecule has 0 spiro atoms. The van der Waals surface area contributed by atoms with Gasteiger partial charge in [0.1, 0.15) is 0 Å². The molecule has 1 fully saturated rings. The van der Waals surface area contributed by atoms with Gasteiger partial charge in [0.25, 0.3) is 0 Å². The van der Waals surface area contributed by atoms with Gasteiger partial charge in [-0.25, -0.2) is 4.68 Å². The molecule has 0 aliphatic heterocycles.